The van der Waals surface area contributed by atoms with Crippen LogP contribution >= 0.6 is 0 Å². The molecule has 21 heavy (non-hydrogen) atoms. The molecule has 114 valence electrons. The van der Waals surface area contributed by atoms with E-state index in [2.05, 4.69) is 11.9 Å². The number of para-hydroxylation sites is 1. The van der Waals surface area contributed by atoms with Crippen LogP contribution in [0.1, 0.15) is 30.6 Å². The SMILES string of the molecule is C=CCOc1ccccc1C(=O)N[C@H](CC(C)C)C(=O)O. The Hall–Kier alpha value is -2.30. The van der Waals surface area contributed by atoms with E-state index in [9.17, 15) is 9.59 Å². The third-order valence-electron chi connectivity index (χ3n) is 2.80. The van der Waals surface area contributed by atoms with Crippen molar-refractivity contribution < 1.29 is 19.4 Å². The molecule has 5 nitrogen and oxygen atoms in total. The van der Waals surface area contributed by atoms with Gasteiger partial charge in [-0.3, -0.25) is 4.79 Å². The maximum absolute atomic E-state index is 12.2. The predicted octanol–water partition coefficient (Wildman–Crippen LogP) is 2.48. The molecule has 0 aliphatic heterocycles. The molecular formula is C16H21NO4. The van der Waals surface area contributed by atoms with Crippen LogP contribution in [0, 0.1) is 5.92 Å². The Kier molecular flexibility index (Phi) is 6.46. The summed E-state index contributed by atoms with van der Waals surface area (Å²) < 4.78 is 5.40. The fourth-order valence-electron chi connectivity index (χ4n) is 1.86. The van der Waals surface area contributed by atoms with E-state index in [1.807, 2.05) is 13.8 Å². The highest BCUT2D eigenvalue weighted by molar-refractivity contribution is 5.98. The number of ether oxygens (including phenoxy) is 1. The minimum absolute atomic E-state index is 0.165. The lowest BCUT2D eigenvalue weighted by molar-refractivity contribution is -0.139. The van der Waals surface area contributed by atoms with Crippen LogP contribution in [0.4, 0.5) is 0 Å². The Morgan fingerprint density at radius 3 is 2.62 bits per heavy atom. The molecule has 0 bridgehead atoms. The summed E-state index contributed by atoms with van der Waals surface area (Å²) in [4.78, 5) is 23.4. The van der Waals surface area contributed by atoms with E-state index in [-0.39, 0.29) is 12.5 Å². The van der Waals surface area contributed by atoms with Crippen LogP contribution < -0.4 is 10.1 Å². The highest BCUT2D eigenvalue weighted by Crippen LogP contribution is 2.18. The van der Waals surface area contributed by atoms with Gasteiger partial charge in [-0.15, -0.1) is 0 Å². The molecule has 1 aromatic carbocycles. The molecule has 0 heterocycles. The van der Waals surface area contributed by atoms with Crippen LogP contribution in [-0.2, 0) is 4.79 Å². The summed E-state index contributed by atoms with van der Waals surface area (Å²) in [6.07, 6.45) is 1.95. The number of rotatable bonds is 8. The van der Waals surface area contributed by atoms with Crippen LogP contribution in [0.2, 0.25) is 0 Å². The summed E-state index contributed by atoms with van der Waals surface area (Å²) >= 11 is 0. The molecule has 0 aromatic heterocycles. The van der Waals surface area contributed by atoms with E-state index in [4.69, 9.17) is 9.84 Å². The highest BCUT2D eigenvalue weighted by Gasteiger charge is 2.23. The van der Waals surface area contributed by atoms with Crippen molar-refractivity contribution in [3.8, 4) is 5.75 Å². The minimum atomic E-state index is -1.04. The van der Waals surface area contributed by atoms with Gasteiger partial charge in [0.15, 0.2) is 0 Å². The van der Waals surface area contributed by atoms with Crippen LogP contribution in [0.5, 0.6) is 5.75 Å². The predicted molar refractivity (Wildman–Crippen MR) is 80.5 cm³/mol. The maximum Gasteiger partial charge on any atom is 0.326 e. The molecule has 0 saturated heterocycles. The van der Waals surface area contributed by atoms with Gasteiger partial charge >= 0.3 is 5.97 Å². The summed E-state index contributed by atoms with van der Waals surface area (Å²) in [5, 5.41) is 11.7. The van der Waals surface area contributed by atoms with E-state index in [0.717, 1.165) is 0 Å². The third kappa shape index (κ3) is 5.30. The van der Waals surface area contributed by atoms with Gasteiger partial charge in [0.05, 0.1) is 5.56 Å². The van der Waals surface area contributed by atoms with Crippen LogP contribution in [0.15, 0.2) is 36.9 Å². The molecular weight excluding hydrogens is 270 g/mol. The Labute approximate surface area is 124 Å². The van der Waals surface area contributed by atoms with Gasteiger partial charge in [0.1, 0.15) is 18.4 Å². The standard InChI is InChI=1S/C16H21NO4/c1-4-9-21-14-8-6-5-7-12(14)15(18)17-13(16(19)20)10-11(2)3/h4-8,11,13H,1,9-10H2,2-3H3,(H,17,18)(H,19,20)/t13-/m1/s1. The first-order valence-electron chi connectivity index (χ1n) is 6.82. The molecule has 1 amide bonds. The summed E-state index contributed by atoms with van der Waals surface area (Å²) in [5.74, 6) is -0.925. The van der Waals surface area contributed by atoms with Gasteiger partial charge in [0.25, 0.3) is 5.91 Å². The van der Waals surface area contributed by atoms with Crippen molar-refractivity contribution in [2.75, 3.05) is 6.61 Å². The maximum atomic E-state index is 12.2. The first-order chi connectivity index (χ1) is 9.95. The van der Waals surface area contributed by atoms with E-state index in [0.29, 0.717) is 17.7 Å². The molecule has 2 N–H and O–H groups in total. The molecule has 0 aliphatic carbocycles. The van der Waals surface area contributed by atoms with E-state index in [1.54, 1.807) is 30.3 Å². The number of carbonyl (C=O) groups excluding carboxylic acids is 1. The topological polar surface area (TPSA) is 75.6 Å². The zero-order chi connectivity index (χ0) is 15.8. The molecule has 0 fully saturated rings. The van der Waals surface area contributed by atoms with Gasteiger partial charge in [-0.2, -0.15) is 0 Å². The molecule has 0 radical (unpaired) electrons. The van der Waals surface area contributed by atoms with Crippen LogP contribution in [0.3, 0.4) is 0 Å². The minimum Gasteiger partial charge on any atom is -0.489 e. The van der Waals surface area contributed by atoms with Gasteiger partial charge in [0.2, 0.25) is 0 Å². The number of carboxylic acids is 1. The smallest absolute Gasteiger partial charge is 0.326 e. The second-order valence-corrected chi connectivity index (χ2v) is 5.09. The van der Waals surface area contributed by atoms with Crippen LogP contribution in [0.25, 0.3) is 0 Å². The van der Waals surface area contributed by atoms with Crippen molar-refractivity contribution in [1.29, 1.82) is 0 Å². The molecule has 5 heteroatoms. The van der Waals surface area contributed by atoms with Gasteiger partial charge in [-0.1, -0.05) is 38.6 Å². The zero-order valence-corrected chi connectivity index (χ0v) is 12.3. The number of hydrogen-bond donors (Lipinski definition) is 2. The summed E-state index contributed by atoms with van der Waals surface area (Å²) in [6, 6.07) is 5.80. The number of carbonyl (C=O) groups is 2. The Morgan fingerprint density at radius 2 is 2.05 bits per heavy atom. The quantitative estimate of drug-likeness (QED) is 0.721. The molecule has 0 aliphatic rings. The van der Waals surface area contributed by atoms with Crippen molar-refractivity contribution in [2.24, 2.45) is 5.92 Å². The fourth-order valence-corrected chi connectivity index (χ4v) is 1.86. The lowest BCUT2D eigenvalue weighted by Gasteiger charge is -2.17. The van der Waals surface area contributed by atoms with E-state index < -0.39 is 17.9 Å². The third-order valence-corrected chi connectivity index (χ3v) is 2.80. The van der Waals surface area contributed by atoms with Gasteiger partial charge in [-0.05, 0) is 24.5 Å². The Balaban J connectivity index is 2.87. The molecule has 0 saturated carbocycles. The average molecular weight is 291 g/mol. The average Bonchev–Trinajstić information content (AvgIpc) is 2.44. The number of nitrogens with one attached hydrogen (secondary N) is 1. The van der Waals surface area contributed by atoms with Crippen molar-refractivity contribution in [3.63, 3.8) is 0 Å². The van der Waals surface area contributed by atoms with Gasteiger partial charge in [0, 0.05) is 0 Å². The lowest BCUT2D eigenvalue weighted by atomic mass is 10.0. The molecule has 1 atom stereocenters. The first-order valence-corrected chi connectivity index (χ1v) is 6.82. The summed E-state index contributed by atoms with van der Waals surface area (Å²) in [5.41, 5.74) is 0.314. The first kappa shape index (κ1) is 16.8. The summed E-state index contributed by atoms with van der Waals surface area (Å²) in [7, 11) is 0. The van der Waals surface area contributed by atoms with Gasteiger partial charge in [-0.25, -0.2) is 4.79 Å². The molecule has 1 rings (SSSR count). The number of benzene rings is 1. The van der Waals surface area contributed by atoms with Gasteiger partial charge < -0.3 is 15.2 Å². The Bertz CT molecular complexity index is 511. The summed E-state index contributed by atoms with van der Waals surface area (Å²) in [6.45, 7) is 7.64. The van der Waals surface area contributed by atoms with Crippen molar-refractivity contribution in [2.45, 2.75) is 26.3 Å². The highest BCUT2D eigenvalue weighted by atomic mass is 16.5. The monoisotopic (exact) mass is 291 g/mol. The number of hydrogen-bond acceptors (Lipinski definition) is 3. The zero-order valence-electron chi connectivity index (χ0n) is 12.3. The van der Waals surface area contributed by atoms with E-state index >= 15 is 0 Å². The lowest BCUT2D eigenvalue weighted by Crippen LogP contribution is -2.41. The van der Waals surface area contributed by atoms with Crippen LogP contribution in [-0.4, -0.2) is 29.6 Å². The number of amides is 1. The normalized spacial score (nSPS) is 11.8. The largest absolute Gasteiger partial charge is 0.489 e. The van der Waals surface area contributed by atoms with Crippen molar-refractivity contribution >= 4 is 11.9 Å². The molecule has 0 unspecified atom stereocenters. The number of aliphatic carboxylic acids is 1. The Morgan fingerprint density at radius 1 is 1.38 bits per heavy atom. The second kappa shape index (κ2) is 8.09. The van der Waals surface area contributed by atoms with Crippen molar-refractivity contribution in [1.82, 2.24) is 5.32 Å². The second-order valence-electron chi connectivity index (χ2n) is 5.09. The number of carboxylic acid groups (broad SMARTS) is 1. The van der Waals surface area contributed by atoms with Crippen molar-refractivity contribution in [3.05, 3.63) is 42.5 Å². The molecule has 1 aromatic rings. The fraction of sp³-hybridized carbons (Fsp3) is 0.375. The van der Waals surface area contributed by atoms with E-state index in [1.165, 1.54) is 0 Å². The molecule has 0 spiro atoms.